The fraction of sp³-hybridized carbons (Fsp3) is 0.579. The summed E-state index contributed by atoms with van der Waals surface area (Å²) in [4.78, 5) is 27.3. The Morgan fingerprint density at radius 1 is 1.25 bits per heavy atom. The molecule has 1 aromatic carbocycles. The number of fused-ring (bicyclic) bond motifs is 2. The molecule has 9 heteroatoms. The summed E-state index contributed by atoms with van der Waals surface area (Å²) in [5.41, 5.74) is -0.625. The van der Waals surface area contributed by atoms with Gasteiger partial charge in [0.1, 0.15) is 11.2 Å². The van der Waals surface area contributed by atoms with Crippen LogP contribution in [0.15, 0.2) is 15.7 Å². The first-order valence-corrected chi connectivity index (χ1v) is 9.82. The third kappa shape index (κ3) is 2.45. The summed E-state index contributed by atoms with van der Waals surface area (Å²) in [5.74, 6) is 5.86. The van der Waals surface area contributed by atoms with Crippen LogP contribution in [0.25, 0.3) is 10.9 Å². The minimum absolute atomic E-state index is 0.0413. The number of halogens is 1. The molecule has 0 bridgehead atoms. The fourth-order valence-electron chi connectivity index (χ4n) is 4.83. The largest absolute Gasteiger partial charge is 0.492 e. The Bertz CT molecular complexity index is 1060. The molecule has 3 fully saturated rings. The van der Waals surface area contributed by atoms with Gasteiger partial charge in [0.2, 0.25) is 0 Å². The summed E-state index contributed by atoms with van der Waals surface area (Å²) in [6.07, 6.45) is 3.86. The van der Waals surface area contributed by atoms with Gasteiger partial charge in [0, 0.05) is 25.2 Å². The van der Waals surface area contributed by atoms with Gasteiger partial charge in [-0.15, -0.1) is 0 Å². The van der Waals surface area contributed by atoms with Crippen molar-refractivity contribution in [2.24, 2.45) is 5.92 Å². The van der Waals surface area contributed by atoms with E-state index in [0.29, 0.717) is 34.4 Å². The van der Waals surface area contributed by atoms with Crippen LogP contribution >= 0.6 is 0 Å². The van der Waals surface area contributed by atoms with Gasteiger partial charge in [-0.25, -0.2) is 9.18 Å². The van der Waals surface area contributed by atoms with Crippen LogP contribution in [0.4, 0.5) is 10.1 Å². The second kappa shape index (κ2) is 6.23. The number of nitrogens with zero attached hydrogens (tertiary/aromatic N) is 3. The average Bonchev–Trinajstić information content (AvgIpc) is 3.43. The Hall–Kier alpha value is -2.55. The van der Waals surface area contributed by atoms with Gasteiger partial charge in [0.05, 0.1) is 12.5 Å². The maximum Gasteiger partial charge on any atom is 0.350 e. The number of methoxy groups -OCH3 is 1. The second-order valence-electron chi connectivity index (χ2n) is 8.06. The standard InChI is InChI=1S/C19H24FN5O3/c1-28-17-15-12(18(26)25(21)19(27)24(15)11-4-5-11)7-13(20)16(17)23-8-10-3-2-6-22-14(10)9-23/h7,10-11,14,22H,2-6,8-9,21H2,1H3/t10-,14+/m0/s1. The number of nitrogens with one attached hydrogen (secondary N) is 1. The Morgan fingerprint density at radius 3 is 2.71 bits per heavy atom. The van der Waals surface area contributed by atoms with Crippen LogP contribution < -0.4 is 32.0 Å². The Labute approximate surface area is 160 Å². The van der Waals surface area contributed by atoms with E-state index in [1.807, 2.05) is 4.90 Å². The number of aromatic nitrogens is 2. The van der Waals surface area contributed by atoms with E-state index in [2.05, 4.69) is 5.32 Å². The maximum absolute atomic E-state index is 15.2. The fourth-order valence-corrected chi connectivity index (χ4v) is 4.83. The van der Waals surface area contributed by atoms with E-state index in [1.165, 1.54) is 17.7 Å². The SMILES string of the molecule is COc1c(N2C[C@@H]3CCCN[C@@H]3C2)c(F)cc2c(=O)n(N)c(=O)n(C3CC3)c12. The molecule has 2 aliphatic heterocycles. The Balaban J connectivity index is 1.76. The number of nitrogens with two attached hydrogens (primary N) is 1. The second-order valence-corrected chi connectivity index (χ2v) is 8.06. The molecule has 2 aromatic rings. The smallest absolute Gasteiger partial charge is 0.350 e. The molecule has 2 saturated heterocycles. The minimum atomic E-state index is -0.711. The molecule has 0 amide bonds. The number of hydrogen-bond donors (Lipinski definition) is 2. The highest BCUT2D eigenvalue weighted by Crippen LogP contribution is 2.43. The van der Waals surface area contributed by atoms with Gasteiger partial charge in [0.25, 0.3) is 5.56 Å². The predicted octanol–water partition coefficient (Wildman–Crippen LogP) is 0.548. The summed E-state index contributed by atoms with van der Waals surface area (Å²) in [5, 5.41) is 3.58. The van der Waals surface area contributed by atoms with Gasteiger partial charge in [-0.3, -0.25) is 9.36 Å². The third-order valence-electron chi connectivity index (χ3n) is 6.32. The van der Waals surface area contributed by atoms with Gasteiger partial charge < -0.3 is 20.8 Å². The van der Waals surface area contributed by atoms with E-state index in [-0.39, 0.29) is 17.2 Å². The van der Waals surface area contributed by atoms with Crippen LogP contribution in [0.2, 0.25) is 0 Å². The van der Waals surface area contributed by atoms with Gasteiger partial charge in [-0.2, -0.15) is 4.68 Å². The molecular formula is C19H24FN5O3. The van der Waals surface area contributed by atoms with E-state index in [1.54, 1.807) is 0 Å². The first-order chi connectivity index (χ1) is 13.5. The monoisotopic (exact) mass is 389 g/mol. The summed E-state index contributed by atoms with van der Waals surface area (Å²) in [7, 11) is 1.45. The van der Waals surface area contributed by atoms with Gasteiger partial charge in [0.15, 0.2) is 11.6 Å². The molecule has 3 N–H and O–H groups in total. The molecule has 1 aromatic heterocycles. The summed E-state index contributed by atoms with van der Waals surface area (Å²) >= 11 is 0. The minimum Gasteiger partial charge on any atom is -0.492 e. The Kier molecular flexibility index (Phi) is 3.90. The summed E-state index contributed by atoms with van der Waals surface area (Å²) in [6.45, 7) is 2.37. The maximum atomic E-state index is 15.2. The zero-order valence-electron chi connectivity index (χ0n) is 15.8. The highest BCUT2D eigenvalue weighted by Gasteiger charge is 2.38. The van der Waals surface area contributed by atoms with E-state index in [4.69, 9.17) is 10.6 Å². The lowest BCUT2D eigenvalue weighted by Gasteiger charge is -2.24. The van der Waals surface area contributed by atoms with Crippen LogP contribution in [0.3, 0.4) is 0 Å². The van der Waals surface area contributed by atoms with Crippen LogP contribution in [-0.4, -0.2) is 42.0 Å². The molecule has 0 spiro atoms. The molecule has 0 radical (unpaired) electrons. The van der Waals surface area contributed by atoms with Crippen molar-refractivity contribution in [3.63, 3.8) is 0 Å². The van der Waals surface area contributed by atoms with Crippen LogP contribution in [-0.2, 0) is 0 Å². The molecule has 8 nitrogen and oxygen atoms in total. The van der Waals surface area contributed by atoms with E-state index >= 15 is 4.39 Å². The molecule has 5 rings (SSSR count). The van der Waals surface area contributed by atoms with Crippen molar-refractivity contribution in [1.82, 2.24) is 14.6 Å². The zero-order chi connectivity index (χ0) is 19.6. The number of piperidine rings is 1. The lowest BCUT2D eigenvalue weighted by Crippen LogP contribution is -2.44. The number of anilines is 1. The van der Waals surface area contributed by atoms with Crippen molar-refractivity contribution in [3.05, 3.63) is 32.7 Å². The molecular weight excluding hydrogens is 365 g/mol. The first-order valence-electron chi connectivity index (χ1n) is 9.82. The number of nitrogen functional groups attached to an aromatic ring is 1. The zero-order valence-corrected chi connectivity index (χ0v) is 15.8. The van der Waals surface area contributed by atoms with Gasteiger partial charge >= 0.3 is 5.69 Å². The molecule has 150 valence electrons. The summed E-state index contributed by atoms with van der Waals surface area (Å²) in [6, 6.07) is 1.48. The first kappa shape index (κ1) is 17.5. The average molecular weight is 389 g/mol. The summed E-state index contributed by atoms with van der Waals surface area (Å²) < 4.78 is 22.9. The quantitative estimate of drug-likeness (QED) is 0.745. The molecule has 0 unspecified atom stereocenters. The molecule has 2 atom stereocenters. The topological polar surface area (TPSA) is 94.5 Å². The number of ether oxygens (including phenoxy) is 1. The molecule has 1 saturated carbocycles. The molecule has 1 aliphatic carbocycles. The molecule has 28 heavy (non-hydrogen) atoms. The van der Waals surface area contributed by atoms with Crippen molar-refractivity contribution < 1.29 is 9.13 Å². The van der Waals surface area contributed by atoms with Crippen LogP contribution in [0, 0.1) is 11.7 Å². The van der Waals surface area contributed by atoms with Gasteiger partial charge in [-0.1, -0.05) is 0 Å². The van der Waals surface area contributed by atoms with Crippen molar-refractivity contribution >= 4 is 16.6 Å². The predicted molar refractivity (Wildman–Crippen MR) is 104 cm³/mol. The van der Waals surface area contributed by atoms with Crippen LogP contribution in [0.1, 0.15) is 31.7 Å². The van der Waals surface area contributed by atoms with E-state index < -0.39 is 17.1 Å². The lowest BCUT2D eigenvalue weighted by atomic mass is 9.94. The van der Waals surface area contributed by atoms with Crippen molar-refractivity contribution in [2.75, 3.05) is 37.5 Å². The molecule has 3 heterocycles. The van der Waals surface area contributed by atoms with Crippen molar-refractivity contribution in [1.29, 1.82) is 0 Å². The Morgan fingerprint density at radius 2 is 2.04 bits per heavy atom. The number of rotatable bonds is 3. The highest BCUT2D eigenvalue weighted by molar-refractivity contribution is 5.91. The van der Waals surface area contributed by atoms with Crippen molar-refractivity contribution in [3.8, 4) is 5.75 Å². The number of hydrogen-bond acceptors (Lipinski definition) is 6. The van der Waals surface area contributed by atoms with Gasteiger partial charge in [-0.05, 0) is 44.2 Å². The normalized spacial score (nSPS) is 24.6. The third-order valence-corrected chi connectivity index (χ3v) is 6.32. The number of benzene rings is 1. The van der Waals surface area contributed by atoms with E-state index in [9.17, 15) is 9.59 Å². The highest BCUT2D eigenvalue weighted by atomic mass is 19.1. The molecule has 3 aliphatic rings. The lowest BCUT2D eigenvalue weighted by molar-refractivity contribution is 0.340. The van der Waals surface area contributed by atoms with Crippen molar-refractivity contribution in [2.45, 2.75) is 37.8 Å². The van der Waals surface area contributed by atoms with E-state index in [0.717, 1.165) is 38.8 Å². The van der Waals surface area contributed by atoms with Crippen LogP contribution in [0.5, 0.6) is 5.75 Å².